The van der Waals surface area contributed by atoms with Gasteiger partial charge < -0.3 is 4.74 Å². The van der Waals surface area contributed by atoms with Crippen LogP contribution in [0.15, 0.2) is 12.2 Å². The number of amides is 1. The van der Waals surface area contributed by atoms with Crippen LogP contribution in [0.5, 0.6) is 0 Å². The first kappa shape index (κ1) is 11.0. The van der Waals surface area contributed by atoms with Gasteiger partial charge in [-0.2, -0.15) is 5.48 Å². The van der Waals surface area contributed by atoms with E-state index in [1.807, 2.05) is 11.6 Å². The van der Waals surface area contributed by atoms with Crippen LogP contribution in [0.4, 0.5) is 4.79 Å². The largest absolute Gasteiger partial charge is 0.444 e. The topological polar surface area (TPSA) is 47.6 Å². The van der Waals surface area contributed by atoms with Crippen molar-refractivity contribution in [3.05, 3.63) is 12.2 Å². The van der Waals surface area contributed by atoms with Gasteiger partial charge in [0.15, 0.2) is 0 Å². The molecule has 0 saturated heterocycles. The molecule has 0 atom stereocenters. The van der Waals surface area contributed by atoms with Crippen molar-refractivity contribution in [2.45, 2.75) is 19.8 Å². The van der Waals surface area contributed by atoms with E-state index in [0.29, 0.717) is 0 Å². The molecule has 1 N–H and O–H groups in total. The smallest absolute Gasteiger partial charge is 0.431 e. The summed E-state index contributed by atoms with van der Waals surface area (Å²) >= 11 is 0. The van der Waals surface area contributed by atoms with Gasteiger partial charge in [-0.15, -0.1) is 0 Å². The quantitative estimate of drug-likeness (QED) is 0.507. The summed E-state index contributed by atoms with van der Waals surface area (Å²) in [5.41, 5.74) is 2.04. The Bertz CT molecular complexity index is 145. The minimum absolute atomic E-state index is 0.287. The predicted octanol–water partition coefficient (Wildman–Crippen LogP) is 1.63. The van der Waals surface area contributed by atoms with Gasteiger partial charge in [-0.25, -0.2) is 4.79 Å². The number of ether oxygens (including phenoxy) is 1. The van der Waals surface area contributed by atoms with Gasteiger partial charge >= 0.3 is 6.09 Å². The molecule has 0 saturated carbocycles. The van der Waals surface area contributed by atoms with Crippen molar-refractivity contribution in [1.29, 1.82) is 0 Å². The molecule has 0 rings (SSSR count). The Morgan fingerprint density at radius 2 is 2.25 bits per heavy atom. The van der Waals surface area contributed by atoms with Crippen molar-refractivity contribution < 1.29 is 14.4 Å². The van der Waals surface area contributed by atoms with Crippen LogP contribution in [-0.4, -0.2) is 19.8 Å². The molecule has 0 heterocycles. The lowest BCUT2D eigenvalue weighted by Gasteiger charge is -2.00. The van der Waals surface area contributed by atoms with Gasteiger partial charge in [0.1, 0.15) is 6.61 Å². The van der Waals surface area contributed by atoms with Crippen LogP contribution < -0.4 is 5.48 Å². The summed E-state index contributed by atoms with van der Waals surface area (Å²) < 4.78 is 4.67. The number of unbranched alkanes of at least 4 members (excludes halogenated alkanes) is 1. The number of hydrogen-bond donors (Lipinski definition) is 1. The minimum atomic E-state index is -0.571. The third-order valence-electron chi connectivity index (χ3n) is 1.12. The first-order chi connectivity index (χ1) is 5.81. The maximum atomic E-state index is 10.6. The number of hydroxylamine groups is 1. The predicted molar refractivity (Wildman–Crippen MR) is 45.5 cm³/mol. The van der Waals surface area contributed by atoms with Gasteiger partial charge in [-0.1, -0.05) is 25.5 Å². The number of carbonyl (C=O) groups excluding carboxylic acids is 1. The second kappa shape index (κ2) is 8.07. The van der Waals surface area contributed by atoms with E-state index in [1.165, 1.54) is 7.11 Å². The maximum absolute atomic E-state index is 10.6. The molecule has 12 heavy (non-hydrogen) atoms. The lowest BCUT2D eigenvalue weighted by atomic mass is 10.3. The van der Waals surface area contributed by atoms with Crippen molar-refractivity contribution in [1.82, 2.24) is 5.48 Å². The highest BCUT2D eigenvalue weighted by atomic mass is 16.7. The molecule has 4 heteroatoms. The summed E-state index contributed by atoms with van der Waals surface area (Å²) in [6.45, 7) is 2.37. The van der Waals surface area contributed by atoms with Gasteiger partial charge in [-0.3, -0.25) is 4.84 Å². The lowest BCUT2D eigenvalue weighted by molar-refractivity contribution is 0.0638. The molecule has 0 fully saturated rings. The molecule has 0 bridgehead atoms. The second-order valence-electron chi connectivity index (χ2n) is 2.16. The van der Waals surface area contributed by atoms with E-state index in [9.17, 15) is 4.79 Å². The molecule has 0 unspecified atom stereocenters. The summed E-state index contributed by atoms with van der Waals surface area (Å²) in [7, 11) is 1.36. The standard InChI is InChI=1S/C8H15NO3/c1-3-4-5-6-7-12-8(10)9-11-2/h5-6H,3-4,7H2,1-2H3,(H,9,10)/b6-5+. The summed E-state index contributed by atoms with van der Waals surface area (Å²) in [6.07, 6.45) is 5.31. The highest BCUT2D eigenvalue weighted by Crippen LogP contribution is 1.88. The fourth-order valence-corrected chi connectivity index (χ4v) is 0.589. The van der Waals surface area contributed by atoms with Crippen LogP contribution in [0.2, 0.25) is 0 Å². The molecule has 4 nitrogen and oxygen atoms in total. The van der Waals surface area contributed by atoms with Gasteiger partial charge in [-0.05, 0) is 6.42 Å². The SMILES string of the molecule is CCC/C=C/COC(=O)NOC. The van der Waals surface area contributed by atoms with Gasteiger partial charge in [0.2, 0.25) is 0 Å². The average Bonchev–Trinajstić information content (AvgIpc) is 2.05. The summed E-state index contributed by atoms with van der Waals surface area (Å²) in [5, 5.41) is 0. The molecule has 1 amide bonds. The molecule has 0 aromatic carbocycles. The Kier molecular flexibility index (Phi) is 7.38. The Balaban J connectivity index is 3.24. The van der Waals surface area contributed by atoms with Crippen LogP contribution in [-0.2, 0) is 9.57 Å². The summed E-state index contributed by atoms with van der Waals surface area (Å²) in [4.78, 5) is 14.9. The fourth-order valence-electron chi connectivity index (χ4n) is 0.589. The van der Waals surface area contributed by atoms with Crippen molar-refractivity contribution in [2.75, 3.05) is 13.7 Å². The summed E-state index contributed by atoms with van der Waals surface area (Å²) in [5.74, 6) is 0. The van der Waals surface area contributed by atoms with E-state index < -0.39 is 6.09 Å². The van der Waals surface area contributed by atoms with Crippen LogP contribution in [0.25, 0.3) is 0 Å². The molecule has 0 aliphatic heterocycles. The Morgan fingerprint density at radius 3 is 2.83 bits per heavy atom. The lowest BCUT2D eigenvalue weighted by Crippen LogP contribution is -2.22. The maximum Gasteiger partial charge on any atom is 0.431 e. The third-order valence-corrected chi connectivity index (χ3v) is 1.12. The van der Waals surface area contributed by atoms with Crippen LogP contribution in [0.3, 0.4) is 0 Å². The van der Waals surface area contributed by atoms with Crippen LogP contribution in [0.1, 0.15) is 19.8 Å². The average molecular weight is 173 g/mol. The van der Waals surface area contributed by atoms with Gasteiger partial charge in [0.05, 0.1) is 7.11 Å². The number of allylic oxidation sites excluding steroid dienone is 1. The zero-order valence-electron chi connectivity index (χ0n) is 7.50. The molecule has 0 aliphatic rings. The van der Waals surface area contributed by atoms with Crippen LogP contribution in [0, 0.1) is 0 Å². The van der Waals surface area contributed by atoms with Crippen molar-refractivity contribution in [3.8, 4) is 0 Å². The van der Waals surface area contributed by atoms with Crippen molar-refractivity contribution >= 4 is 6.09 Å². The second-order valence-corrected chi connectivity index (χ2v) is 2.16. The molecule has 0 aromatic rings. The number of rotatable bonds is 5. The molecular weight excluding hydrogens is 158 g/mol. The van der Waals surface area contributed by atoms with Gasteiger partial charge in [0, 0.05) is 0 Å². The Labute approximate surface area is 72.5 Å². The van der Waals surface area contributed by atoms with E-state index in [-0.39, 0.29) is 6.61 Å². The molecule has 0 radical (unpaired) electrons. The van der Waals surface area contributed by atoms with Crippen molar-refractivity contribution in [2.24, 2.45) is 0 Å². The molecule has 0 aromatic heterocycles. The number of hydrogen-bond acceptors (Lipinski definition) is 3. The monoisotopic (exact) mass is 173 g/mol. The van der Waals surface area contributed by atoms with Crippen LogP contribution >= 0.6 is 0 Å². The number of nitrogens with one attached hydrogen (secondary N) is 1. The normalized spacial score (nSPS) is 10.2. The highest BCUT2D eigenvalue weighted by Gasteiger charge is 1.95. The van der Waals surface area contributed by atoms with Crippen molar-refractivity contribution in [3.63, 3.8) is 0 Å². The first-order valence-corrected chi connectivity index (χ1v) is 3.92. The third kappa shape index (κ3) is 7.08. The zero-order valence-corrected chi connectivity index (χ0v) is 7.50. The summed E-state index contributed by atoms with van der Waals surface area (Å²) in [6, 6.07) is 0. The molecule has 0 spiro atoms. The highest BCUT2D eigenvalue weighted by molar-refractivity contribution is 5.65. The minimum Gasteiger partial charge on any atom is -0.444 e. The number of carbonyl (C=O) groups is 1. The van der Waals surface area contributed by atoms with E-state index in [4.69, 9.17) is 0 Å². The van der Waals surface area contributed by atoms with Gasteiger partial charge in [0.25, 0.3) is 0 Å². The molecule has 0 aliphatic carbocycles. The van der Waals surface area contributed by atoms with E-state index >= 15 is 0 Å². The zero-order chi connectivity index (χ0) is 9.23. The fraction of sp³-hybridized carbons (Fsp3) is 0.625. The molecular formula is C8H15NO3. The Morgan fingerprint density at radius 1 is 1.50 bits per heavy atom. The molecule has 70 valence electrons. The Hall–Kier alpha value is -1.03. The van der Waals surface area contributed by atoms with E-state index in [2.05, 4.69) is 16.5 Å². The van der Waals surface area contributed by atoms with E-state index in [1.54, 1.807) is 6.08 Å². The van der Waals surface area contributed by atoms with E-state index in [0.717, 1.165) is 12.8 Å². The first-order valence-electron chi connectivity index (χ1n) is 3.92.